The van der Waals surface area contributed by atoms with Crippen molar-refractivity contribution in [3.63, 3.8) is 0 Å². The first kappa shape index (κ1) is 22.1. The Hall–Kier alpha value is -3.68. The molecular formula is C26H27FN6O. The Morgan fingerprint density at radius 1 is 1.06 bits per heavy atom. The second-order valence-electron chi connectivity index (χ2n) is 8.97. The molecule has 0 aliphatic carbocycles. The van der Waals surface area contributed by atoms with E-state index >= 15 is 0 Å². The van der Waals surface area contributed by atoms with Crippen molar-refractivity contribution in [1.29, 1.82) is 0 Å². The molecule has 8 heteroatoms. The summed E-state index contributed by atoms with van der Waals surface area (Å²) in [6.45, 7) is 7.34. The molecule has 1 aliphatic rings. The second-order valence-corrected chi connectivity index (χ2v) is 8.97. The van der Waals surface area contributed by atoms with Gasteiger partial charge in [0.15, 0.2) is 5.65 Å². The SMILES string of the molecule is Cc1cnc2cc(C3CCN(c4c(C)cccc4F)CC3)c(=O)n(Cc3nccnc3C)c2n1. The first-order valence-corrected chi connectivity index (χ1v) is 11.6. The maximum Gasteiger partial charge on any atom is 0.256 e. The van der Waals surface area contributed by atoms with Crippen LogP contribution in [0.25, 0.3) is 11.2 Å². The van der Waals surface area contributed by atoms with Gasteiger partial charge in [0, 0.05) is 37.2 Å². The van der Waals surface area contributed by atoms with E-state index in [1.165, 1.54) is 6.07 Å². The predicted octanol–water partition coefficient (Wildman–Crippen LogP) is 4.08. The van der Waals surface area contributed by atoms with Gasteiger partial charge >= 0.3 is 0 Å². The molecule has 4 aromatic rings. The number of anilines is 1. The van der Waals surface area contributed by atoms with Gasteiger partial charge in [0.05, 0.1) is 29.3 Å². The largest absolute Gasteiger partial charge is 0.369 e. The first-order valence-electron chi connectivity index (χ1n) is 11.6. The number of pyridine rings is 1. The third kappa shape index (κ3) is 4.04. The van der Waals surface area contributed by atoms with E-state index in [2.05, 4.69) is 24.8 Å². The van der Waals surface area contributed by atoms with Gasteiger partial charge in [-0.1, -0.05) is 12.1 Å². The summed E-state index contributed by atoms with van der Waals surface area (Å²) in [6, 6.07) is 7.06. The van der Waals surface area contributed by atoms with E-state index in [9.17, 15) is 9.18 Å². The van der Waals surface area contributed by atoms with Gasteiger partial charge in [-0.25, -0.2) is 9.37 Å². The molecule has 0 radical (unpaired) electrons. The van der Waals surface area contributed by atoms with Gasteiger partial charge < -0.3 is 4.90 Å². The number of piperidine rings is 1. The van der Waals surface area contributed by atoms with Gasteiger partial charge in [-0.05, 0) is 57.2 Å². The number of benzene rings is 1. The fourth-order valence-electron chi connectivity index (χ4n) is 4.85. The van der Waals surface area contributed by atoms with E-state index in [4.69, 9.17) is 0 Å². The molecule has 0 bridgehead atoms. The minimum atomic E-state index is -0.198. The normalized spacial score (nSPS) is 14.6. The average Bonchev–Trinajstić information content (AvgIpc) is 2.82. The molecular weight excluding hydrogens is 431 g/mol. The van der Waals surface area contributed by atoms with E-state index in [1.807, 2.05) is 32.9 Å². The third-order valence-electron chi connectivity index (χ3n) is 6.67. The molecule has 0 unspecified atom stereocenters. The van der Waals surface area contributed by atoms with Crippen LogP contribution in [0.4, 0.5) is 10.1 Å². The number of aryl methyl sites for hydroxylation is 3. The predicted molar refractivity (Wildman–Crippen MR) is 130 cm³/mol. The highest BCUT2D eigenvalue weighted by atomic mass is 19.1. The van der Waals surface area contributed by atoms with Gasteiger partial charge in [0.1, 0.15) is 11.3 Å². The number of fused-ring (bicyclic) bond motifs is 1. The molecule has 0 amide bonds. The van der Waals surface area contributed by atoms with Crippen LogP contribution < -0.4 is 10.5 Å². The highest BCUT2D eigenvalue weighted by molar-refractivity contribution is 5.71. The molecule has 0 spiro atoms. The van der Waals surface area contributed by atoms with Crippen molar-refractivity contribution >= 4 is 16.9 Å². The zero-order chi connectivity index (χ0) is 23.8. The zero-order valence-corrected chi connectivity index (χ0v) is 19.6. The minimum absolute atomic E-state index is 0.0672. The number of hydrogen-bond acceptors (Lipinski definition) is 6. The molecule has 7 nitrogen and oxygen atoms in total. The average molecular weight is 459 g/mol. The van der Waals surface area contributed by atoms with E-state index in [0.717, 1.165) is 41.1 Å². The summed E-state index contributed by atoms with van der Waals surface area (Å²) >= 11 is 0. The van der Waals surface area contributed by atoms with Crippen molar-refractivity contribution in [3.05, 3.63) is 87.2 Å². The van der Waals surface area contributed by atoms with Gasteiger partial charge in [0.25, 0.3) is 5.56 Å². The fourth-order valence-corrected chi connectivity index (χ4v) is 4.85. The Labute approximate surface area is 197 Å². The van der Waals surface area contributed by atoms with Crippen LogP contribution in [-0.4, -0.2) is 37.6 Å². The first-order chi connectivity index (χ1) is 16.4. The zero-order valence-electron chi connectivity index (χ0n) is 19.6. The number of para-hydroxylation sites is 1. The van der Waals surface area contributed by atoms with Crippen molar-refractivity contribution in [2.45, 2.75) is 46.1 Å². The summed E-state index contributed by atoms with van der Waals surface area (Å²) in [5.74, 6) is -0.131. The quantitative estimate of drug-likeness (QED) is 0.459. The van der Waals surface area contributed by atoms with Gasteiger partial charge in [0.2, 0.25) is 0 Å². The monoisotopic (exact) mass is 458 g/mol. The van der Waals surface area contributed by atoms with Crippen LogP contribution in [-0.2, 0) is 6.54 Å². The molecule has 4 heterocycles. The molecule has 1 aromatic carbocycles. The summed E-state index contributed by atoms with van der Waals surface area (Å²) in [5.41, 5.74) is 5.76. The van der Waals surface area contributed by atoms with Crippen molar-refractivity contribution in [2.75, 3.05) is 18.0 Å². The van der Waals surface area contributed by atoms with E-state index < -0.39 is 0 Å². The summed E-state index contributed by atoms with van der Waals surface area (Å²) in [6.07, 6.45) is 6.52. The van der Waals surface area contributed by atoms with Gasteiger partial charge in [-0.15, -0.1) is 0 Å². The molecule has 34 heavy (non-hydrogen) atoms. The lowest BCUT2D eigenvalue weighted by atomic mass is 9.89. The third-order valence-corrected chi connectivity index (χ3v) is 6.67. The Morgan fingerprint density at radius 2 is 1.82 bits per heavy atom. The Kier molecular flexibility index (Phi) is 5.81. The molecule has 1 fully saturated rings. The highest BCUT2D eigenvalue weighted by Gasteiger charge is 2.27. The number of hydrogen-bond donors (Lipinski definition) is 0. The van der Waals surface area contributed by atoms with Crippen molar-refractivity contribution in [1.82, 2.24) is 24.5 Å². The molecule has 174 valence electrons. The molecule has 5 rings (SSSR count). The van der Waals surface area contributed by atoms with Crippen LogP contribution in [0.2, 0.25) is 0 Å². The summed E-state index contributed by atoms with van der Waals surface area (Å²) < 4.78 is 16.2. The number of rotatable bonds is 4. The van der Waals surface area contributed by atoms with Crippen LogP contribution >= 0.6 is 0 Å². The Balaban J connectivity index is 1.51. The lowest BCUT2D eigenvalue weighted by Gasteiger charge is -2.34. The topological polar surface area (TPSA) is 76.8 Å². The Morgan fingerprint density at radius 3 is 2.56 bits per heavy atom. The maximum absolute atomic E-state index is 14.5. The van der Waals surface area contributed by atoms with Gasteiger partial charge in [-0.3, -0.25) is 24.3 Å². The van der Waals surface area contributed by atoms with Crippen molar-refractivity contribution in [3.8, 4) is 0 Å². The minimum Gasteiger partial charge on any atom is -0.369 e. The fraction of sp³-hybridized carbons (Fsp3) is 0.346. The second kappa shape index (κ2) is 8.93. The van der Waals surface area contributed by atoms with Crippen molar-refractivity contribution in [2.24, 2.45) is 0 Å². The molecule has 0 saturated carbocycles. The molecule has 1 aliphatic heterocycles. The van der Waals surface area contributed by atoms with Crippen LogP contribution in [0.15, 0.2) is 47.7 Å². The molecule has 1 saturated heterocycles. The summed E-state index contributed by atoms with van der Waals surface area (Å²) in [5, 5.41) is 0. The molecule has 3 aromatic heterocycles. The summed E-state index contributed by atoms with van der Waals surface area (Å²) in [7, 11) is 0. The van der Waals surface area contributed by atoms with Gasteiger partial charge in [-0.2, -0.15) is 0 Å². The Bertz CT molecular complexity index is 1400. The van der Waals surface area contributed by atoms with Crippen LogP contribution in [0, 0.1) is 26.6 Å². The van der Waals surface area contributed by atoms with E-state index in [0.29, 0.717) is 29.9 Å². The smallest absolute Gasteiger partial charge is 0.256 e. The summed E-state index contributed by atoms with van der Waals surface area (Å²) in [4.78, 5) is 33.8. The molecule has 0 atom stereocenters. The lowest BCUT2D eigenvalue weighted by Crippen LogP contribution is -2.36. The van der Waals surface area contributed by atoms with Crippen molar-refractivity contribution < 1.29 is 4.39 Å². The number of nitrogens with zero attached hydrogens (tertiary/aromatic N) is 6. The standard InChI is InChI=1S/C26H27FN6O/c1-16-5-4-6-21(27)24(16)32-11-7-19(8-12-32)20-13-22-25(31-17(2)14-30-22)33(26(20)34)15-23-18(3)28-9-10-29-23/h4-6,9-10,13-14,19H,7-8,11-12,15H2,1-3H3. The highest BCUT2D eigenvalue weighted by Crippen LogP contribution is 2.32. The molecule has 0 N–H and O–H groups in total. The van der Waals surface area contributed by atoms with Crippen LogP contribution in [0.1, 0.15) is 47.0 Å². The van der Waals surface area contributed by atoms with Crippen LogP contribution in [0.3, 0.4) is 0 Å². The maximum atomic E-state index is 14.5. The number of halogens is 1. The van der Waals surface area contributed by atoms with E-state index in [-0.39, 0.29) is 23.8 Å². The lowest BCUT2D eigenvalue weighted by molar-refractivity contribution is 0.491. The number of aromatic nitrogens is 5. The van der Waals surface area contributed by atoms with Crippen LogP contribution in [0.5, 0.6) is 0 Å². The van der Waals surface area contributed by atoms with E-state index in [1.54, 1.807) is 29.2 Å².